The molecule has 3 heteroatoms. The van der Waals surface area contributed by atoms with E-state index in [0.717, 1.165) is 16.9 Å². The first-order chi connectivity index (χ1) is 10.2. The van der Waals surface area contributed by atoms with E-state index in [0.29, 0.717) is 12.1 Å². The molecule has 0 bridgehead atoms. The van der Waals surface area contributed by atoms with Crippen LogP contribution in [-0.2, 0) is 11.3 Å². The molecule has 2 aromatic rings. The largest absolute Gasteiger partial charge is 0.497 e. The van der Waals surface area contributed by atoms with Crippen LogP contribution in [-0.4, -0.2) is 13.0 Å². The minimum atomic E-state index is -0.0605. The second-order valence-corrected chi connectivity index (χ2v) is 4.77. The Bertz CT molecular complexity index is 615. The first-order valence-electron chi connectivity index (χ1n) is 6.83. The molecule has 0 unspecified atom stereocenters. The van der Waals surface area contributed by atoms with Gasteiger partial charge in [-0.3, -0.25) is 4.79 Å². The van der Waals surface area contributed by atoms with Crippen molar-refractivity contribution in [2.24, 2.45) is 0 Å². The van der Waals surface area contributed by atoms with Crippen LogP contribution < -0.4 is 10.1 Å². The Labute approximate surface area is 125 Å². The summed E-state index contributed by atoms with van der Waals surface area (Å²) in [6.07, 6.45) is 1.88. The lowest BCUT2D eigenvalue weighted by molar-refractivity contribution is -0.117. The third-order valence-electron chi connectivity index (χ3n) is 3.15. The van der Waals surface area contributed by atoms with Gasteiger partial charge >= 0.3 is 0 Å². The van der Waals surface area contributed by atoms with Gasteiger partial charge in [-0.1, -0.05) is 42.5 Å². The molecule has 0 aromatic heterocycles. The third-order valence-corrected chi connectivity index (χ3v) is 3.15. The Morgan fingerprint density at radius 1 is 1.10 bits per heavy atom. The molecule has 0 saturated heterocycles. The van der Waals surface area contributed by atoms with E-state index in [9.17, 15) is 4.79 Å². The highest BCUT2D eigenvalue weighted by atomic mass is 16.5. The Hall–Kier alpha value is -2.55. The topological polar surface area (TPSA) is 38.3 Å². The number of nitrogens with one attached hydrogen (secondary N) is 1. The van der Waals surface area contributed by atoms with E-state index < -0.39 is 0 Å². The van der Waals surface area contributed by atoms with Crippen molar-refractivity contribution < 1.29 is 9.53 Å². The smallest absolute Gasteiger partial charge is 0.247 e. The molecule has 0 heterocycles. The molecule has 1 N–H and O–H groups in total. The fourth-order valence-corrected chi connectivity index (χ4v) is 1.93. The van der Waals surface area contributed by atoms with Crippen LogP contribution in [0.3, 0.4) is 0 Å². The molecule has 2 aromatic carbocycles. The summed E-state index contributed by atoms with van der Waals surface area (Å²) in [6, 6.07) is 17.5. The number of carbonyl (C=O) groups excluding carboxylic acids is 1. The first kappa shape index (κ1) is 14.9. The Kier molecular flexibility index (Phi) is 5.16. The minimum absolute atomic E-state index is 0.0605. The second kappa shape index (κ2) is 7.29. The van der Waals surface area contributed by atoms with E-state index >= 15 is 0 Å². The van der Waals surface area contributed by atoms with Crippen molar-refractivity contribution in [3.05, 3.63) is 71.3 Å². The van der Waals surface area contributed by atoms with E-state index in [-0.39, 0.29) is 5.91 Å². The Morgan fingerprint density at radius 3 is 2.38 bits per heavy atom. The molecule has 0 saturated carbocycles. The van der Waals surface area contributed by atoms with Crippen molar-refractivity contribution in [2.75, 3.05) is 7.11 Å². The zero-order valence-corrected chi connectivity index (χ0v) is 12.3. The number of benzene rings is 2. The van der Waals surface area contributed by atoms with Gasteiger partial charge in [0.15, 0.2) is 0 Å². The van der Waals surface area contributed by atoms with Crippen LogP contribution in [0, 0.1) is 0 Å². The summed E-state index contributed by atoms with van der Waals surface area (Å²) in [7, 11) is 1.63. The van der Waals surface area contributed by atoms with Crippen LogP contribution in [0.2, 0.25) is 0 Å². The maximum atomic E-state index is 12.0. The predicted octanol–water partition coefficient (Wildman–Crippen LogP) is 3.41. The number of hydrogen-bond acceptors (Lipinski definition) is 2. The molecule has 0 aliphatic heterocycles. The lowest BCUT2D eigenvalue weighted by Gasteiger charge is -2.07. The second-order valence-electron chi connectivity index (χ2n) is 4.77. The molecular formula is C18H19NO2. The van der Waals surface area contributed by atoms with Crippen LogP contribution in [0.15, 0.2) is 60.2 Å². The SMILES string of the molecule is COc1ccc(CNC(=O)C(C)=Cc2ccccc2)cc1. The van der Waals surface area contributed by atoms with Gasteiger partial charge < -0.3 is 10.1 Å². The highest BCUT2D eigenvalue weighted by molar-refractivity contribution is 5.97. The molecule has 0 fully saturated rings. The average Bonchev–Trinajstić information content (AvgIpc) is 2.54. The van der Waals surface area contributed by atoms with Gasteiger partial charge in [0, 0.05) is 12.1 Å². The van der Waals surface area contributed by atoms with E-state index in [1.54, 1.807) is 7.11 Å². The van der Waals surface area contributed by atoms with Crippen molar-refractivity contribution >= 4 is 12.0 Å². The highest BCUT2D eigenvalue weighted by Gasteiger charge is 2.04. The molecule has 3 nitrogen and oxygen atoms in total. The molecule has 0 atom stereocenters. The lowest BCUT2D eigenvalue weighted by atomic mass is 10.1. The van der Waals surface area contributed by atoms with Crippen molar-refractivity contribution in [1.82, 2.24) is 5.32 Å². The van der Waals surface area contributed by atoms with E-state index in [4.69, 9.17) is 4.74 Å². The maximum absolute atomic E-state index is 12.0. The molecule has 108 valence electrons. The van der Waals surface area contributed by atoms with Gasteiger partial charge in [-0.25, -0.2) is 0 Å². The molecule has 0 radical (unpaired) electrons. The van der Waals surface area contributed by atoms with Crippen molar-refractivity contribution in [3.63, 3.8) is 0 Å². The van der Waals surface area contributed by atoms with Gasteiger partial charge in [-0.2, -0.15) is 0 Å². The van der Waals surface area contributed by atoms with E-state index in [1.807, 2.05) is 67.6 Å². The molecule has 2 rings (SSSR count). The fraction of sp³-hybridized carbons (Fsp3) is 0.167. The van der Waals surface area contributed by atoms with Gasteiger partial charge in [0.25, 0.3) is 0 Å². The van der Waals surface area contributed by atoms with Crippen LogP contribution in [0.5, 0.6) is 5.75 Å². The van der Waals surface area contributed by atoms with Gasteiger partial charge in [-0.15, -0.1) is 0 Å². The zero-order valence-electron chi connectivity index (χ0n) is 12.3. The Morgan fingerprint density at radius 2 is 1.76 bits per heavy atom. The van der Waals surface area contributed by atoms with Crippen LogP contribution >= 0.6 is 0 Å². The minimum Gasteiger partial charge on any atom is -0.497 e. The monoisotopic (exact) mass is 281 g/mol. The van der Waals surface area contributed by atoms with Crippen molar-refractivity contribution in [3.8, 4) is 5.75 Å². The number of ether oxygens (including phenoxy) is 1. The molecule has 0 spiro atoms. The average molecular weight is 281 g/mol. The van der Waals surface area contributed by atoms with Gasteiger partial charge in [-0.05, 0) is 36.3 Å². The Balaban J connectivity index is 1.93. The van der Waals surface area contributed by atoms with Crippen LogP contribution in [0.1, 0.15) is 18.1 Å². The first-order valence-corrected chi connectivity index (χ1v) is 6.83. The highest BCUT2D eigenvalue weighted by Crippen LogP contribution is 2.11. The normalized spacial score (nSPS) is 11.0. The van der Waals surface area contributed by atoms with Crippen molar-refractivity contribution in [1.29, 1.82) is 0 Å². The standard InChI is InChI=1S/C18H19NO2/c1-14(12-15-6-4-3-5-7-15)18(20)19-13-16-8-10-17(21-2)11-9-16/h3-12H,13H2,1-2H3,(H,19,20). The summed E-state index contributed by atoms with van der Waals surface area (Å²) in [4.78, 5) is 12.0. The fourth-order valence-electron chi connectivity index (χ4n) is 1.93. The maximum Gasteiger partial charge on any atom is 0.247 e. The number of amides is 1. The summed E-state index contributed by atoms with van der Waals surface area (Å²) in [5.41, 5.74) is 2.75. The molecular weight excluding hydrogens is 262 g/mol. The molecule has 0 aliphatic rings. The molecule has 1 amide bonds. The van der Waals surface area contributed by atoms with Gasteiger partial charge in [0.05, 0.1) is 7.11 Å². The third kappa shape index (κ3) is 4.49. The summed E-state index contributed by atoms with van der Waals surface area (Å²) in [6.45, 7) is 2.32. The van der Waals surface area contributed by atoms with Crippen molar-refractivity contribution in [2.45, 2.75) is 13.5 Å². The van der Waals surface area contributed by atoms with Gasteiger partial charge in [0.2, 0.25) is 5.91 Å². The quantitative estimate of drug-likeness (QED) is 0.853. The summed E-state index contributed by atoms with van der Waals surface area (Å²) in [5.74, 6) is 0.750. The number of methoxy groups -OCH3 is 1. The predicted molar refractivity (Wildman–Crippen MR) is 84.9 cm³/mol. The molecule has 21 heavy (non-hydrogen) atoms. The van der Waals surface area contributed by atoms with Crippen LogP contribution in [0.4, 0.5) is 0 Å². The van der Waals surface area contributed by atoms with Gasteiger partial charge in [0.1, 0.15) is 5.75 Å². The number of hydrogen-bond donors (Lipinski definition) is 1. The lowest BCUT2D eigenvalue weighted by Crippen LogP contribution is -2.23. The zero-order chi connectivity index (χ0) is 15.1. The summed E-state index contributed by atoms with van der Waals surface area (Å²) in [5, 5.41) is 2.91. The van der Waals surface area contributed by atoms with E-state index in [1.165, 1.54) is 0 Å². The van der Waals surface area contributed by atoms with Crippen LogP contribution in [0.25, 0.3) is 6.08 Å². The number of carbonyl (C=O) groups is 1. The number of rotatable bonds is 5. The summed E-state index contributed by atoms with van der Waals surface area (Å²) >= 11 is 0. The summed E-state index contributed by atoms with van der Waals surface area (Å²) < 4.78 is 5.10. The molecule has 0 aliphatic carbocycles. The van der Waals surface area contributed by atoms with E-state index in [2.05, 4.69) is 5.32 Å².